The molecule has 3 rings (SSSR count). The molecule has 0 amide bonds. The number of allylic oxidation sites excluding steroid dienone is 1. The van der Waals surface area contributed by atoms with Gasteiger partial charge in [0, 0.05) is 29.3 Å². The molecule has 0 aliphatic rings. The Bertz CT molecular complexity index is 1150. The van der Waals surface area contributed by atoms with E-state index in [1.807, 2.05) is 54.6 Å². The molecule has 33 heavy (non-hydrogen) atoms. The molecule has 0 saturated carbocycles. The summed E-state index contributed by atoms with van der Waals surface area (Å²) in [6, 6.07) is 18.0. The first-order valence-electron chi connectivity index (χ1n) is 10.6. The highest BCUT2D eigenvalue weighted by Crippen LogP contribution is 2.34. The predicted molar refractivity (Wildman–Crippen MR) is 138 cm³/mol. The fraction of sp³-hybridized carbons (Fsp3) is 0.269. The molecule has 0 bridgehead atoms. The average molecular weight is 501 g/mol. The lowest BCUT2D eigenvalue weighted by Crippen LogP contribution is -2.24. The fourth-order valence-corrected chi connectivity index (χ4v) is 5.08. The van der Waals surface area contributed by atoms with Gasteiger partial charge in [-0.3, -0.25) is 0 Å². The topological polar surface area (TPSA) is 54.3 Å². The van der Waals surface area contributed by atoms with Crippen molar-refractivity contribution in [1.82, 2.24) is 5.32 Å². The van der Waals surface area contributed by atoms with Gasteiger partial charge >= 0.3 is 0 Å². The van der Waals surface area contributed by atoms with Crippen LogP contribution in [0.25, 0.3) is 10.8 Å². The maximum atomic E-state index is 9.75. The number of hydrogen-bond acceptors (Lipinski definition) is 5. The first-order chi connectivity index (χ1) is 16.1. The van der Waals surface area contributed by atoms with Gasteiger partial charge in [-0.05, 0) is 46.9 Å². The Morgan fingerprint density at radius 2 is 2.00 bits per heavy atom. The number of nitrogens with zero attached hydrogens (tertiary/aromatic N) is 1. The number of fused-ring (bicyclic) bond motifs is 1. The maximum Gasteiger partial charge on any atom is 0.109 e. The summed E-state index contributed by atoms with van der Waals surface area (Å²) in [7, 11) is 1.49. The van der Waals surface area contributed by atoms with Gasteiger partial charge in [0.1, 0.15) is 12.7 Å². The maximum absolute atomic E-state index is 9.75. The minimum absolute atomic E-state index is 0.253. The minimum Gasteiger partial charge on any atom is -0.315 e. The van der Waals surface area contributed by atoms with Crippen LogP contribution in [0.4, 0.5) is 0 Å². The summed E-state index contributed by atoms with van der Waals surface area (Å²) in [5.41, 5.74) is 2.75. The summed E-state index contributed by atoms with van der Waals surface area (Å²) in [6.07, 6.45) is 2.75. The standard InChI is InChI=1S/C26H26Cl2N2O2S/c1-3-6-20(18-9-10-24(27)25(28)14-18)16-30-11-12-33-26-21(15-29)13-19-7-4-5-8-22(19)23(26)17-32-31-2/h3-5,7-10,13-14,20,30H,1,6,11-12,16-17H2,2H3/t20-/m1/s1. The Morgan fingerprint density at radius 1 is 1.18 bits per heavy atom. The molecule has 0 heterocycles. The van der Waals surface area contributed by atoms with Crippen LogP contribution in [-0.4, -0.2) is 26.0 Å². The second kappa shape index (κ2) is 13.0. The van der Waals surface area contributed by atoms with E-state index in [1.165, 1.54) is 7.11 Å². The van der Waals surface area contributed by atoms with Crippen LogP contribution in [0, 0.1) is 11.3 Å². The third-order valence-electron chi connectivity index (χ3n) is 5.33. The summed E-state index contributed by atoms with van der Waals surface area (Å²) in [5.74, 6) is 1.05. The van der Waals surface area contributed by atoms with E-state index in [2.05, 4.69) is 18.0 Å². The van der Waals surface area contributed by atoms with Crippen LogP contribution in [0.15, 0.2) is 66.1 Å². The number of hydrogen-bond donors (Lipinski definition) is 1. The van der Waals surface area contributed by atoms with Gasteiger partial charge in [-0.15, -0.1) is 18.3 Å². The second-order valence-electron chi connectivity index (χ2n) is 7.44. The number of nitrogens with one attached hydrogen (secondary N) is 1. The van der Waals surface area contributed by atoms with Gasteiger partial charge in [-0.2, -0.15) is 5.26 Å². The highest BCUT2D eigenvalue weighted by Gasteiger charge is 2.15. The van der Waals surface area contributed by atoms with E-state index in [0.717, 1.165) is 52.1 Å². The number of rotatable bonds is 12. The van der Waals surface area contributed by atoms with Gasteiger partial charge in [0.05, 0.1) is 22.7 Å². The Balaban J connectivity index is 1.68. The van der Waals surface area contributed by atoms with E-state index in [-0.39, 0.29) is 12.5 Å². The van der Waals surface area contributed by atoms with Crippen molar-refractivity contribution in [1.29, 1.82) is 5.26 Å². The molecule has 3 aromatic rings. The third kappa shape index (κ3) is 6.74. The Hall–Kier alpha value is -2.04. The van der Waals surface area contributed by atoms with Crippen LogP contribution in [0.1, 0.15) is 29.0 Å². The van der Waals surface area contributed by atoms with Crippen LogP contribution in [0.2, 0.25) is 10.0 Å². The largest absolute Gasteiger partial charge is 0.315 e. The second-order valence-corrected chi connectivity index (χ2v) is 9.36. The molecule has 0 fully saturated rings. The molecule has 0 aliphatic carbocycles. The van der Waals surface area contributed by atoms with Crippen LogP contribution < -0.4 is 5.32 Å². The molecule has 0 saturated heterocycles. The van der Waals surface area contributed by atoms with Gasteiger partial charge in [0.15, 0.2) is 0 Å². The average Bonchev–Trinajstić information content (AvgIpc) is 2.83. The van der Waals surface area contributed by atoms with Crippen molar-refractivity contribution in [3.63, 3.8) is 0 Å². The van der Waals surface area contributed by atoms with Crippen molar-refractivity contribution in [3.8, 4) is 6.07 Å². The van der Waals surface area contributed by atoms with Crippen molar-refractivity contribution in [2.75, 3.05) is 26.0 Å². The van der Waals surface area contributed by atoms with Crippen LogP contribution in [0.5, 0.6) is 0 Å². The van der Waals surface area contributed by atoms with E-state index in [0.29, 0.717) is 15.6 Å². The normalized spacial score (nSPS) is 11.9. The van der Waals surface area contributed by atoms with Crippen molar-refractivity contribution >= 4 is 45.7 Å². The van der Waals surface area contributed by atoms with E-state index >= 15 is 0 Å². The number of halogens is 2. The van der Waals surface area contributed by atoms with Crippen LogP contribution >= 0.6 is 35.0 Å². The van der Waals surface area contributed by atoms with Gasteiger partial charge in [0.2, 0.25) is 0 Å². The molecule has 0 unspecified atom stereocenters. The lowest BCUT2D eigenvalue weighted by molar-refractivity contribution is -0.282. The zero-order valence-corrected chi connectivity index (χ0v) is 20.8. The summed E-state index contributed by atoms with van der Waals surface area (Å²) in [6.45, 7) is 5.73. The molecule has 0 spiro atoms. The zero-order chi connectivity index (χ0) is 23.6. The summed E-state index contributed by atoms with van der Waals surface area (Å²) in [5, 5.41) is 16.5. The predicted octanol–water partition coefficient (Wildman–Crippen LogP) is 7.14. The molecule has 7 heteroatoms. The SMILES string of the molecule is C=CC[C@H](CNCCSc1c(C#N)cc2ccccc2c1COOC)c1ccc(Cl)c(Cl)c1. The smallest absolute Gasteiger partial charge is 0.109 e. The van der Waals surface area contributed by atoms with Crippen molar-refractivity contribution in [3.05, 3.63) is 87.9 Å². The van der Waals surface area contributed by atoms with E-state index in [4.69, 9.17) is 33.0 Å². The molecule has 4 nitrogen and oxygen atoms in total. The molecule has 0 aromatic heterocycles. The Kier molecular flexibility index (Phi) is 10.1. The first-order valence-corrected chi connectivity index (χ1v) is 12.3. The summed E-state index contributed by atoms with van der Waals surface area (Å²) >= 11 is 13.9. The molecular formula is C26H26Cl2N2O2S. The molecular weight excluding hydrogens is 475 g/mol. The fourth-order valence-electron chi connectivity index (χ4n) is 3.72. The molecule has 1 N–H and O–H groups in total. The van der Waals surface area contributed by atoms with Crippen molar-refractivity contribution in [2.24, 2.45) is 0 Å². The Morgan fingerprint density at radius 3 is 2.73 bits per heavy atom. The number of nitriles is 1. The highest BCUT2D eigenvalue weighted by molar-refractivity contribution is 7.99. The van der Waals surface area contributed by atoms with Gasteiger partial charge in [0.25, 0.3) is 0 Å². The lowest BCUT2D eigenvalue weighted by atomic mass is 9.95. The van der Waals surface area contributed by atoms with Crippen LogP contribution in [0.3, 0.4) is 0 Å². The molecule has 172 valence electrons. The van der Waals surface area contributed by atoms with E-state index in [1.54, 1.807) is 11.8 Å². The Labute approximate surface area is 209 Å². The molecule has 0 aliphatic heterocycles. The van der Waals surface area contributed by atoms with Crippen molar-refractivity contribution < 1.29 is 9.78 Å². The number of thioether (sulfide) groups is 1. The van der Waals surface area contributed by atoms with Crippen LogP contribution in [-0.2, 0) is 16.4 Å². The number of benzene rings is 3. The highest BCUT2D eigenvalue weighted by atomic mass is 35.5. The first kappa shape index (κ1) is 25.6. The minimum atomic E-state index is 0.253. The summed E-state index contributed by atoms with van der Waals surface area (Å²) < 4.78 is 0. The quantitative estimate of drug-likeness (QED) is 0.0940. The lowest BCUT2D eigenvalue weighted by Gasteiger charge is -2.18. The summed E-state index contributed by atoms with van der Waals surface area (Å²) in [4.78, 5) is 11.0. The third-order valence-corrected chi connectivity index (χ3v) is 7.23. The van der Waals surface area contributed by atoms with E-state index < -0.39 is 0 Å². The van der Waals surface area contributed by atoms with E-state index in [9.17, 15) is 5.26 Å². The van der Waals surface area contributed by atoms with Gasteiger partial charge in [-0.25, -0.2) is 9.78 Å². The van der Waals surface area contributed by atoms with Gasteiger partial charge < -0.3 is 5.32 Å². The molecule has 0 radical (unpaired) electrons. The molecule has 3 aromatic carbocycles. The van der Waals surface area contributed by atoms with Gasteiger partial charge in [-0.1, -0.05) is 59.6 Å². The zero-order valence-electron chi connectivity index (χ0n) is 18.4. The molecule has 1 atom stereocenters. The monoisotopic (exact) mass is 500 g/mol. The van der Waals surface area contributed by atoms with Crippen molar-refractivity contribution in [2.45, 2.75) is 23.8 Å².